The topological polar surface area (TPSA) is 154 Å². The molecule has 0 aliphatic carbocycles. The maximum atomic E-state index is 13.7. The van der Waals surface area contributed by atoms with Crippen molar-refractivity contribution in [2.24, 2.45) is 5.73 Å². The molecular weight excluding hydrogens is 482 g/mol. The van der Waals surface area contributed by atoms with Crippen LogP contribution in [-0.4, -0.2) is 47.3 Å². The minimum Gasteiger partial charge on any atom is -0.464 e. The fraction of sp³-hybridized carbons (Fsp3) is 0.273. The number of nitrogens with zero attached hydrogens (tertiary/aromatic N) is 2. The van der Waals surface area contributed by atoms with Gasteiger partial charge in [0.2, 0.25) is 0 Å². The highest BCUT2D eigenvalue weighted by Gasteiger charge is 2.37. The normalized spacial score (nSPS) is 11.7. The van der Waals surface area contributed by atoms with Gasteiger partial charge in [-0.05, 0) is 42.2 Å². The molecule has 0 fully saturated rings. The number of methoxy groups -OCH3 is 1. The summed E-state index contributed by atoms with van der Waals surface area (Å²) < 4.78 is 14.7. The van der Waals surface area contributed by atoms with Gasteiger partial charge in [0.05, 0.1) is 12.3 Å². The molecule has 1 atom stereocenters. The first-order valence-corrected chi connectivity index (χ1v) is 11.3. The van der Waals surface area contributed by atoms with Gasteiger partial charge in [-0.2, -0.15) is 4.37 Å². The molecule has 5 N–H and O–H groups in total. The van der Waals surface area contributed by atoms with E-state index in [-0.39, 0.29) is 41.7 Å². The van der Waals surface area contributed by atoms with Crippen molar-refractivity contribution >= 4 is 46.5 Å². The lowest BCUT2D eigenvalue weighted by molar-refractivity contribution is -0.126. The molecule has 3 rings (SSSR count). The Morgan fingerprint density at radius 3 is 2.59 bits per heavy atom. The van der Waals surface area contributed by atoms with Crippen molar-refractivity contribution in [2.75, 3.05) is 26.0 Å². The third kappa shape index (κ3) is 5.56. The molecule has 3 amide bonds. The van der Waals surface area contributed by atoms with Crippen LogP contribution in [0.4, 0.5) is 5.69 Å². The van der Waals surface area contributed by atoms with Gasteiger partial charge in [0.15, 0.2) is 11.7 Å². The summed E-state index contributed by atoms with van der Waals surface area (Å²) in [7, 11) is 1.51. The van der Waals surface area contributed by atoms with E-state index in [2.05, 4.69) is 9.69 Å². The molecule has 12 heteroatoms. The van der Waals surface area contributed by atoms with Gasteiger partial charge in [0.25, 0.3) is 17.7 Å². The molecule has 2 aromatic heterocycles. The molecule has 3 aromatic rings. The number of rotatable bonds is 10. The largest absolute Gasteiger partial charge is 0.464 e. The lowest BCUT2D eigenvalue weighted by atomic mass is 10.1. The predicted molar refractivity (Wildman–Crippen MR) is 127 cm³/mol. The Morgan fingerprint density at radius 1 is 1.26 bits per heavy atom. The van der Waals surface area contributed by atoms with Crippen LogP contribution in [0, 0.1) is 6.92 Å². The Balaban J connectivity index is 2.10. The standard InChI is InChI=1S/C22H24ClN5O5S/c1-12-7-8-15(33-12)18(21(30)26-9-10-32-2)28(11-13-5-3-4-6-14(13)23)22(31)19-16(24)17(20(25)29)27-34-19/h3-8,18H,9-11,24H2,1-2H3,(H2,25,29)(H,26,30)/t18-/m1/s1. The number of carbonyl (C=O) groups is 3. The summed E-state index contributed by atoms with van der Waals surface area (Å²) in [5.74, 6) is -1.19. The number of anilines is 1. The van der Waals surface area contributed by atoms with Crippen molar-refractivity contribution in [1.82, 2.24) is 14.6 Å². The average Bonchev–Trinajstić information content (AvgIpc) is 3.40. The molecule has 0 saturated heterocycles. The van der Waals surface area contributed by atoms with Gasteiger partial charge in [0, 0.05) is 25.2 Å². The summed E-state index contributed by atoms with van der Waals surface area (Å²) in [5, 5.41) is 3.16. The summed E-state index contributed by atoms with van der Waals surface area (Å²) in [6.45, 7) is 2.17. The average molecular weight is 506 g/mol. The van der Waals surface area contributed by atoms with E-state index >= 15 is 0 Å². The van der Waals surface area contributed by atoms with E-state index in [1.807, 2.05) is 0 Å². The molecule has 0 radical (unpaired) electrons. The fourth-order valence-corrected chi connectivity index (χ4v) is 4.20. The molecule has 0 aliphatic heterocycles. The number of aromatic nitrogens is 1. The quantitative estimate of drug-likeness (QED) is 0.357. The zero-order chi connectivity index (χ0) is 24.8. The Hall–Kier alpha value is -3.41. The summed E-state index contributed by atoms with van der Waals surface area (Å²) in [5.41, 5.74) is 11.6. The van der Waals surface area contributed by atoms with E-state index in [4.69, 9.17) is 32.2 Å². The molecule has 0 unspecified atom stereocenters. The van der Waals surface area contributed by atoms with Crippen molar-refractivity contribution in [3.63, 3.8) is 0 Å². The predicted octanol–water partition coefficient (Wildman–Crippen LogP) is 2.53. The van der Waals surface area contributed by atoms with Crippen LogP contribution in [-0.2, 0) is 16.1 Å². The highest BCUT2D eigenvalue weighted by Crippen LogP contribution is 2.32. The number of nitrogens with one attached hydrogen (secondary N) is 1. The van der Waals surface area contributed by atoms with E-state index in [0.717, 1.165) is 11.5 Å². The number of nitrogen functional groups attached to an aromatic ring is 1. The lowest BCUT2D eigenvalue weighted by Gasteiger charge is -2.30. The smallest absolute Gasteiger partial charge is 0.270 e. The van der Waals surface area contributed by atoms with Crippen LogP contribution in [0.5, 0.6) is 0 Å². The third-order valence-electron chi connectivity index (χ3n) is 4.91. The van der Waals surface area contributed by atoms with Crippen molar-refractivity contribution in [3.8, 4) is 0 Å². The number of aryl methyl sites for hydroxylation is 1. The third-order valence-corrected chi connectivity index (χ3v) is 6.13. The number of benzene rings is 1. The number of nitrogens with two attached hydrogens (primary N) is 2. The van der Waals surface area contributed by atoms with E-state index in [1.165, 1.54) is 12.0 Å². The molecule has 2 heterocycles. The van der Waals surface area contributed by atoms with Crippen LogP contribution in [0.2, 0.25) is 5.02 Å². The SMILES string of the molecule is COCCNC(=O)[C@@H](c1ccc(C)o1)N(Cc1ccccc1Cl)C(=O)c1snc(C(N)=O)c1N. The van der Waals surface area contributed by atoms with Gasteiger partial charge in [-0.15, -0.1) is 0 Å². The second-order valence-corrected chi connectivity index (χ2v) is 8.48. The monoisotopic (exact) mass is 505 g/mol. The number of hydrogen-bond donors (Lipinski definition) is 3. The van der Waals surface area contributed by atoms with E-state index < -0.39 is 23.8 Å². The van der Waals surface area contributed by atoms with E-state index in [1.54, 1.807) is 43.3 Å². The van der Waals surface area contributed by atoms with Gasteiger partial charge in [0.1, 0.15) is 16.4 Å². The second-order valence-electron chi connectivity index (χ2n) is 7.30. The minimum atomic E-state index is -1.17. The Labute approximate surface area is 205 Å². The Bertz CT molecular complexity index is 1190. The highest BCUT2D eigenvalue weighted by atomic mass is 35.5. The first kappa shape index (κ1) is 25.2. The van der Waals surface area contributed by atoms with Gasteiger partial charge in [-0.1, -0.05) is 29.8 Å². The first-order valence-electron chi connectivity index (χ1n) is 10.2. The van der Waals surface area contributed by atoms with Crippen LogP contribution in [0.3, 0.4) is 0 Å². The van der Waals surface area contributed by atoms with Crippen molar-refractivity contribution in [1.29, 1.82) is 0 Å². The minimum absolute atomic E-state index is 0.0289. The molecule has 0 bridgehead atoms. The molecular formula is C22H24ClN5O5S. The fourth-order valence-electron chi connectivity index (χ4n) is 3.25. The lowest BCUT2D eigenvalue weighted by Crippen LogP contribution is -2.44. The molecule has 180 valence electrons. The molecule has 10 nitrogen and oxygen atoms in total. The highest BCUT2D eigenvalue weighted by molar-refractivity contribution is 7.09. The van der Waals surface area contributed by atoms with Gasteiger partial charge in [-0.3, -0.25) is 14.4 Å². The number of primary amides is 1. The molecule has 0 spiro atoms. The number of carbonyl (C=O) groups excluding carboxylic acids is 3. The summed E-state index contributed by atoms with van der Waals surface area (Å²) >= 11 is 7.08. The van der Waals surface area contributed by atoms with Gasteiger partial charge < -0.3 is 30.8 Å². The zero-order valence-electron chi connectivity index (χ0n) is 18.5. The van der Waals surface area contributed by atoms with E-state index in [9.17, 15) is 14.4 Å². The molecule has 1 aromatic carbocycles. The molecule has 34 heavy (non-hydrogen) atoms. The van der Waals surface area contributed by atoms with Gasteiger partial charge in [-0.25, -0.2) is 0 Å². The number of furan rings is 1. The van der Waals surface area contributed by atoms with Crippen molar-refractivity contribution in [3.05, 3.63) is 69.1 Å². The van der Waals surface area contributed by atoms with Crippen molar-refractivity contribution in [2.45, 2.75) is 19.5 Å². The van der Waals surface area contributed by atoms with Gasteiger partial charge >= 0.3 is 0 Å². The van der Waals surface area contributed by atoms with Crippen LogP contribution < -0.4 is 16.8 Å². The van der Waals surface area contributed by atoms with Crippen LogP contribution in [0.1, 0.15) is 43.3 Å². The maximum absolute atomic E-state index is 13.7. The van der Waals surface area contributed by atoms with Crippen LogP contribution >= 0.6 is 23.1 Å². The van der Waals surface area contributed by atoms with E-state index in [0.29, 0.717) is 16.3 Å². The number of amides is 3. The Kier molecular flexibility index (Phi) is 8.26. The molecule has 0 saturated carbocycles. The van der Waals surface area contributed by atoms with Crippen molar-refractivity contribution < 1.29 is 23.5 Å². The first-order chi connectivity index (χ1) is 16.2. The summed E-state index contributed by atoms with van der Waals surface area (Å²) in [6, 6.07) is 9.07. The Morgan fingerprint density at radius 2 is 2.00 bits per heavy atom. The second kappa shape index (κ2) is 11.1. The zero-order valence-corrected chi connectivity index (χ0v) is 20.1. The number of halogens is 1. The maximum Gasteiger partial charge on any atom is 0.270 e. The van der Waals surface area contributed by atoms with Crippen LogP contribution in [0.15, 0.2) is 40.8 Å². The molecule has 0 aliphatic rings. The summed E-state index contributed by atoms with van der Waals surface area (Å²) in [6.07, 6.45) is 0. The number of hydrogen-bond acceptors (Lipinski definition) is 8. The van der Waals surface area contributed by atoms with Crippen LogP contribution in [0.25, 0.3) is 0 Å². The number of ether oxygens (including phenoxy) is 1. The summed E-state index contributed by atoms with van der Waals surface area (Å²) in [4.78, 5) is 39.9.